The van der Waals surface area contributed by atoms with Crippen LogP contribution in [0.25, 0.3) is 0 Å². The van der Waals surface area contributed by atoms with Crippen LogP contribution in [0.2, 0.25) is 0 Å². The molecule has 0 fully saturated rings. The van der Waals surface area contributed by atoms with Crippen LogP contribution in [0.1, 0.15) is 30.4 Å². The monoisotopic (exact) mass is 278 g/mol. The lowest BCUT2D eigenvalue weighted by molar-refractivity contribution is -0.119. The molecule has 0 aliphatic carbocycles. The highest BCUT2D eigenvalue weighted by atomic mass is 16.2. The molecule has 0 saturated heterocycles. The van der Waals surface area contributed by atoms with Gasteiger partial charge in [-0.25, -0.2) is 0 Å². The molecule has 3 heteroatoms. The molecule has 0 bridgehead atoms. The number of hydrogen-bond acceptors (Lipinski definition) is 2. The van der Waals surface area contributed by atoms with Gasteiger partial charge in [0, 0.05) is 12.7 Å². The molecule has 0 aliphatic heterocycles. The lowest BCUT2D eigenvalue weighted by atomic mass is 9.95. The van der Waals surface area contributed by atoms with E-state index >= 15 is 0 Å². The van der Waals surface area contributed by atoms with Crippen molar-refractivity contribution in [1.29, 1.82) is 5.26 Å². The summed E-state index contributed by atoms with van der Waals surface area (Å²) in [4.78, 5) is 14.3. The van der Waals surface area contributed by atoms with Gasteiger partial charge < -0.3 is 4.90 Å². The van der Waals surface area contributed by atoms with Crippen LogP contribution in [0.15, 0.2) is 54.6 Å². The van der Waals surface area contributed by atoms with E-state index < -0.39 is 0 Å². The third kappa shape index (κ3) is 3.29. The third-order valence-corrected chi connectivity index (χ3v) is 3.60. The Morgan fingerprint density at radius 3 is 2.52 bits per heavy atom. The number of benzene rings is 2. The number of nitrogens with zero attached hydrogens (tertiary/aromatic N) is 2. The summed E-state index contributed by atoms with van der Waals surface area (Å²) in [6.45, 7) is 2.01. The second kappa shape index (κ2) is 6.71. The number of carbonyl (C=O) groups excluding carboxylic acids is 1. The maximum atomic E-state index is 12.7. The van der Waals surface area contributed by atoms with Crippen LogP contribution in [-0.4, -0.2) is 13.0 Å². The van der Waals surface area contributed by atoms with Gasteiger partial charge in [-0.2, -0.15) is 5.26 Å². The van der Waals surface area contributed by atoms with Gasteiger partial charge >= 0.3 is 0 Å². The highest BCUT2D eigenvalue weighted by molar-refractivity contribution is 5.97. The van der Waals surface area contributed by atoms with E-state index in [9.17, 15) is 4.79 Å². The molecule has 2 aromatic rings. The summed E-state index contributed by atoms with van der Waals surface area (Å²) < 4.78 is 0. The maximum Gasteiger partial charge on any atom is 0.234 e. The summed E-state index contributed by atoms with van der Waals surface area (Å²) in [6, 6.07) is 19.0. The minimum absolute atomic E-state index is 0.0405. The predicted molar refractivity (Wildman–Crippen MR) is 84.0 cm³/mol. The van der Waals surface area contributed by atoms with E-state index in [1.165, 1.54) is 0 Å². The molecular formula is C18H18N2O. The first kappa shape index (κ1) is 14.8. The topological polar surface area (TPSA) is 44.1 Å². The molecule has 2 rings (SSSR count). The van der Waals surface area contributed by atoms with Crippen molar-refractivity contribution in [3.05, 3.63) is 65.7 Å². The van der Waals surface area contributed by atoms with E-state index in [0.29, 0.717) is 5.56 Å². The summed E-state index contributed by atoms with van der Waals surface area (Å²) in [6.07, 6.45) is 0.741. The quantitative estimate of drug-likeness (QED) is 0.855. The van der Waals surface area contributed by atoms with Crippen molar-refractivity contribution < 1.29 is 4.79 Å². The molecule has 1 unspecified atom stereocenters. The van der Waals surface area contributed by atoms with E-state index in [-0.39, 0.29) is 11.8 Å². The van der Waals surface area contributed by atoms with Gasteiger partial charge in [-0.3, -0.25) is 4.79 Å². The number of carbonyl (C=O) groups is 1. The summed E-state index contributed by atoms with van der Waals surface area (Å²) in [5.41, 5.74) is 2.32. The van der Waals surface area contributed by atoms with Gasteiger partial charge in [-0.05, 0) is 30.2 Å². The van der Waals surface area contributed by atoms with Crippen LogP contribution in [0.4, 0.5) is 5.69 Å². The van der Waals surface area contributed by atoms with Crippen LogP contribution in [0, 0.1) is 11.3 Å². The van der Waals surface area contributed by atoms with Gasteiger partial charge in [-0.1, -0.05) is 43.3 Å². The van der Waals surface area contributed by atoms with E-state index in [1.807, 2.05) is 43.3 Å². The van der Waals surface area contributed by atoms with Gasteiger partial charge in [0.15, 0.2) is 0 Å². The summed E-state index contributed by atoms with van der Waals surface area (Å²) in [7, 11) is 1.75. The molecule has 106 valence electrons. The van der Waals surface area contributed by atoms with Crippen LogP contribution >= 0.6 is 0 Å². The van der Waals surface area contributed by atoms with Crippen molar-refractivity contribution in [1.82, 2.24) is 0 Å². The first-order valence-corrected chi connectivity index (χ1v) is 7.00. The molecule has 0 N–H and O–H groups in total. The van der Waals surface area contributed by atoms with Crippen molar-refractivity contribution in [3.63, 3.8) is 0 Å². The molecule has 3 nitrogen and oxygen atoms in total. The summed E-state index contributed by atoms with van der Waals surface area (Å²) >= 11 is 0. The molecule has 0 heterocycles. The fraction of sp³-hybridized carbons (Fsp3) is 0.222. The fourth-order valence-electron chi connectivity index (χ4n) is 2.38. The van der Waals surface area contributed by atoms with E-state index in [4.69, 9.17) is 5.26 Å². The van der Waals surface area contributed by atoms with Crippen molar-refractivity contribution in [2.45, 2.75) is 19.3 Å². The Morgan fingerprint density at radius 2 is 1.90 bits per heavy atom. The van der Waals surface area contributed by atoms with Crippen LogP contribution < -0.4 is 4.90 Å². The summed E-state index contributed by atoms with van der Waals surface area (Å²) in [5.74, 6) is -0.124. The number of amides is 1. The Morgan fingerprint density at radius 1 is 1.19 bits per heavy atom. The Kier molecular flexibility index (Phi) is 4.73. The zero-order valence-electron chi connectivity index (χ0n) is 12.3. The number of rotatable bonds is 4. The molecule has 2 aromatic carbocycles. The smallest absolute Gasteiger partial charge is 0.234 e. The van der Waals surface area contributed by atoms with Crippen molar-refractivity contribution in [2.24, 2.45) is 0 Å². The van der Waals surface area contributed by atoms with Crippen LogP contribution in [0.3, 0.4) is 0 Å². The van der Waals surface area contributed by atoms with Gasteiger partial charge in [0.25, 0.3) is 0 Å². The molecule has 0 spiro atoms. The van der Waals surface area contributed by atoms with Crippen LogP contribution in [0.5, 0.6) is 0 Å². The Labute approximate surface area is 125 Å². The zero-order valence-corrected chi connectivity index (χ0v) is 12.3. The minimum Gasteiger partial charge on any atom is -0.315 e. The SMILES string of the molecule is CCC(C(=O)N(C)c1cccc(C#N)c1)c1ccccc1. The van der Waals surface area contributed by atoms with Crippen molar-refractivity contribution >= 4 is 11.6 Å². The second-order valence-electron chi connectivity index (χ2n) is 4.93. The second-order valence-corrected chi connectivity index (χ2v) is 4.93. The van der Waals surface area contributed by atoms with Gasteiger partial charge in [0.2, 0.25) is 5.91 Å². The third-order valence-electron chi connectivity index (χ3n) is 3.60. The molecule has 1 amide bonds. The molecule has 0 radical (unpaired) electrons. The van der Waals surface area contributed by atoms with Gasteiger partial charge in [0.1, 0.15) is 0 Å². The highest BCUT2D eigenvalue weighted by Crippen LogP contribution is 2.24. The number of hydrogen-bond donors (Lipinski definition) is 0. The minimum atomic E-state index is -0.165. The van der Waals surface area contributed by atoms with Gasteiger partial charge in [-0.15, -0.1) is 0 Å². The first-order valence-electron chi connectivity index (χ1n) is 7.00. The maximum absolute atomic E-state index is 12.7. The average Bonchev–Trinajstić information content (AvgIpc) is 2.55. The van der Waals surface area contributed by atoms with Gasteiger partial charge in [0.05, 0.1) is 17.6 Å². The number of nitriles is 1. The average molecular weight is 278 g/mol. The van der Waals surface area contributed by atoms with Crippen LogP contribution in [-0.2, 0) is 4.79 Å². The molecule has 0 aromatic heterocycles. The molecule has 1 atom stereocenters. The highest BCUT2D eigenvalue weighted by Gasteiger charge is 2.23. The molecule has 0 aliphatic rings. The standard InChI is InChI=1S/C18H18N2O/c1-3-17(15-9-5-4-6-10-15)18(21)20(2)16-11-7-8-14(12-16)13-19/h4-12,17H,3H2,1-2H3. The van der Waals surface area contributed by atoms with E-state index in [2.05, 4.69) is 6.07 Å². The summed E-state index contributed by atoms with van der Waals surface area (Å²) in [5, 5.41) is 8.96. The number of anilines is 1. The van der Waals surface area contributed by atoms with Crippen molar-refractivity contribution in [3.8, 4) is 6.07 Å². The molecule has 21 heavy (non-hydrogen) atoms. The van der Waals surface area contributed by atoms with Crippen molar-refractivity contribution in [2.75, 3.05) is 11.9 Å². The predicted octanol–water partition coefficient (Wildman–Crippen LogP) is 3.71. The molecular weight excluding hydrogens is 260 g/mol. The zero-order chi connectivity index (χ0) is 15.2. The number of likely N-dealkylation sites (N-methyl/N-ethyl adjacent to an activating group) is 1. The fourth-order valence-corrected chi connectivity index (χ4v) is 2.38. The first-order chi connectivity index (χ1) is 10.2. The Hall–Kier alpha value is -2.60. The lowest BCUT2D eigenvalue weighted by Gasteiger charge is -2.23. The Bertz CT molecular complexity index is 658. The van der Waals surface area contributed by atoms with E-state index in [1.54, 1.807) is 30.1 Å². The molecule has 0 saturated carbocycles. The lowest BCUT2D eigenvalue weighted by Crippen LogP contribution is -2.31. The largest absolute Gasteiger partial charge is 0.315 e. The normalized spacial score (nSPS) is 11.5. The Balaban J connectivity index is 2.27. The van der Waals surface area contributed by atoms with E-state index in [0.717, 1.165) is 17.7 Å².